The van der Waals surface area contributed by atoms with Gasteiger partial charge >= 0.3 is 0 Å². The number of hydrazine groups is 1. The molecule has 3 N–H and O–H groups in total. The zero-order valence-corrected chi connectivity index (χ0v) is 17.6. The Labute approximate surface area is 180 Å². The molecule has 0 aliphatic carbocycles. The standard InChI is InChI=1S/C23H26N4O4/c1-3-27-17-9-8-15(29-2)10-14(17)11-18(27)16-12-22(26-25-16)24-23(28)21-13-30-19-6-4-5-7-20(19)31-21/h4-11,16,21-22,25-26H,3,12-13H2,1-2H3,(H,24,28). The smallest absolute Gasteiger partial charge is 0.265 e. The van der Waals surface area contributed by atoms with Gasteiger partial charge in [-0.2, -0.15) is 0 Å². The van der Waals surface area contributed by atoms with Gasteiger partial charge in [0, 0.05) is 29.6 Å². The molecule has 1 amide bonds. The van der Waals surface area contributed by atoms with Gasteiger partial charge in [-0.15, -0.1) is 0 Å². The van der Waals surface area contributed by atoms with Gasteiger partial charge in [0.15, 0.2) is 11.5 Å². The Balaban J connectivity index is 1.27. The first-order chi connectivity index (χ1) is 15.2. The monoisotopic (exact) mass is 422 g/mol. The number of nitrogens with one attached hydrogen (secondary N) is 3. The lowest BCUT2D eigenvalue weighted by atomic mass is 10.1. The van der Waals surface area contributed by atoms with Crippen LogP contribution in [0.25, 0.3) is 10.9 Å². The van der Waals surface area contributed by atoms with Gasteiger partial charge < -0.3 is 24.1 Å². The third kappa shape index (κ3) is 3.68. The molecule has 2 aromatic carbocycles. The van der Waals surface area contributed by atoms with E-state index < -0.39 is 6.10 Å². The van der Waals surface area contributed by atoms with Crippen LogP contribution in [0.2, 0.25) is 0 Å². The van der Waals surface area contributed by atoms with Crippen LogP contribution in [-0.2, 0) is 11.3 Å². The van der Waals surface area contributed by atoms with Crippen LogP contribution in [0.15, 0.2) is 48.5 Å². The number of aryl methyl sites for hydroxylation is 1. The minimum Gasteiger partial charge on any atom is -0.497 e. The molecule has 3 unspecified atom stereocenters. The minimum absolute atomic E-state index is 0.0629. The van der Waals surface area contributed by atoms with Gasteiger partial charge in [-0.1, -0.05) is 12.1 Å². The van der Waals surface area contributed by atoms with E-state index in [4.69, 9.17) is 14.2 Å². The Bertz CT molecular complexity index is 1110. The number of nitrogens with zero attached hydrogens (tertiary/aromatic N) is 1. The Morgan fingerprint density at radius 2 is 2.03 bits per heavy atom. The summed E-state index contributed by atoms with van der Waals surface area (Å²) in [6.45, 7) is 3.18. The van der Waals surface area contributed by atoms with Crippen molar-refractivity contribution in [3.8, 4) is 17.2 Å². The van der Waals surface area contributed by atoms with Crippen molar-refractivity contribution in [2.45, 2.75) is 38.2 Å². The van der Waals surface area contributed by atoms with Gasteiger partial charge in [-0.05, 0) is 43.3 Å². The number of carbonyl (C=O) groups is 1. The van der Waals surface area contributed by atoms with Crippen LogP contribution >= 0.6 is 0 Å². The molecule has 0 radical (unpaired) electrons. The van der Waals surface area contributed by atoms with Crippen LogP contribution in [0, 0.1) is 0 Å². The maximum Gasteiger partial charge on any atom is 0.265 e. The molecule has 2 aliphatic rings. The summed E-state index contributed by atoms with van der Waals surface area (Å²) >= 11 is 0. The molecule has 3 aromatic rings. The highest BCUT2D eigenvalue weighted by Gasteiger charge is 2.33. The molecule has 1 fully saturated rings. The molecule has 0 spiro atoms. The fourth-order valence-corrected chi connectivity index (χ4v) is 4.30. The lowest BCUT2D eigenvalue weighted by Crippen LogP contribution is -2.51. The number of fused-ring (bicyclic) bond motifs is 2. The van der Waals surface area contributed by atoms with Gasteiger partial charge in [0.2, 0.25) is 6.10 Å². The topological polar surface area (TPSA) is 85.8 Å². The molecule has 31 heavy (non-hydrogen) atoms. The highest BCUT2D eigenvalue weighted by Crippen LogP contribution is 2.32. The number of carbonyl (C=O) groups excluding carboxylic acids is 1. The fraction of sp³-hybridized carbons (Fsp3) is 0.348. The van der Waals surface area contributed by atoms with E-state index in [0.717, 1.165) is 17.7 Å². The first-order valence-electron chi connectivity index (χ1n) is 10.5. The largest absolute Gasteiger partial charge is 0.497 e. The van der Waals surface area contributed by atoms with E-state index in [-0.39, 0.29) is 24.7 Å². The third-order valence-electron chi connectivity index (χ3n) is 5.83. The Morgan fingerprint density at radius 1 is 1.19 bits per heavy atom. The summed E-state index contributed by atoms with van der Waals surface area (Å²) in [5, 5.41) is 4.16. The minimum atomic E-state index is -0.676. The lowest BCUT2D eigenvalue weighted by molar-refractivity contribution is -0.131. The molecule has 1 aromatic heterocycles. The van der Waals surface area contributed by atoms with Crippen molar-refractivity contribution >= 4 is 16.8 Å². The quantitative estimate of drug-likeness (QED) is 0.586. The van der Waals surface area contributed by atoms with Crippen molar-refractivity contribution in [3.63, 3.8) is 0 Å². The summed E-state index contributed by atoms with van der Waals surface area (Å²) in [5.41, 5.74) is 8.85. The number of amides is 1. The summed E-state index contributed by atoms with van der Waals surface area (Å²) in [4.78, 5) is 12.7. The maximum atomic E-state index is 12.7. The third-order valence-corrected chi connectivity index (χ3v) is 5.83. The molecule has 0 saturated carbocycles. The molecule has 2 aliphatic heterocycles. The predicted octanol–water partition coefficient (Wildman–Crippen LogP) is 2.49. The Hall–Kier alpha value is -3.23. The maximum absolute atomic E-state index is 12.7. The molecule has 8 heteroatoms. The number of ether oxygens (including phenoxy) is 3. The number of hydrogen-bond donors (Lipinski definition) is 3. The number of para-hydroxylation sites is 2. The lowest BCUT2D eigenvalue weighted by Gasteiger charge is -2.26. The molecule has 3 atom stereocenters. The van der Waals surface area contributed by atoms with E-state index >= 15 is 0 Å². The first-order valence-corrected chi connectivity index (χ1v) is 10.5. The van der Waals surface area contributed by atoms with Crippen LogP contribution < -0.4 is 30.4 Å². The number of methoxy groups -OCH3 is 1. The molecule has 5 rings (SSSR count). The second-order valence-corrected chi connectivity index (χ2v) is 7.74. The van der Waals surface area contributed by atoms with Gasteiger partial charge in [0.1, 0.15) is 12.4 Å². The van der Waals surface area contributed by atoms with Crippen molar-refractivity contribution < 1.29 is 19.0 Å². The van der Waals surface area contributed by atoms with Gasteiger partial charge in [-0.3, -0.25) is 4.79 Å². The summed E-state index contributed by atoms with van der Waals surface area (Å²) in [7, 11) is 1.67. The van der Waals surface area contributed by atoms with Crippen molar-refractivity contribution in [2.75, 3.05) is 13.7 Å². The zero-order chi connectivity index (χ0) is 21.4. The fourth-order valence-electron chi connectivity index (χ4n) is 4.30. The normalized spacial score (nSPS) is 22.5. The van der Waals surface area contributed by atoms with E-state index in [0.29, 0.717) is 17.9 Å². The predicted molar refractivity (Wildman–Crippen MR) is 116 cm³/mol. The second-order valence-electron chi connectivity index (χ2n) is 7.74. The summed E-state index contributed by atoms with van der Waals surface area (Å²) in [5.74, 6) is 1.89. The second kappa shape index (κ2) is 8.13. The van der Waals surface area contributed by atoms with E-state index in [2.05, 4.69) is 39.8 Å². The summed E-state index contributed by atoms with van der Waals surface area (Å²) < 4.78 is 19.1. The summed E-state index contributed by atoms with van der Waals surface area (Å²) in [6, 6.07) is 15.7. The van der Waals surface area contributed by atoms with Crippen LogP contribution in [-0.4, -0.2) is 36.5 Å². The van der Waals surface area contributed by atoms with Crippen molar-refractivity contribution in [1.29, 1.82) is 0 Å². The Morgan fingerprint density at radius 3 is 2.84 bits per heavy atom. The van der Waals surface area contributed by atoms with Crippen LogP contribution in [0.5, 0.6) is 17.2 Å². The van der Waals surface area contributed by atoms with Crippen molar-refractivity contribution in [3.05, 3.63) is 54.2 Å². The number of hydrogen-bond acceptors (Lipinski definition) is 6. The van der Waals surface area contributed by atoms with Crippen LogP contribution in [0.4, 0.5) is 0 Å². The zero-order valence-electron chi connectivity index (χ0n) is 17.6. The van der Waals surface area contributed by atoms with E-state index in [1.54, 1.807) is 13.2 Å². The molecule has 8 nitrogen and oxygen atoms in total. The SMILES string of the molecule is CCn1c(C2CC(NC(=O)C3COc4ccccc4O3)NN2)cc2cc(OC)ccc21. The van der Waals surface area contributed by atoms with Crippen molar-refractivity contribution in [1.82, 2.24) is 20.7 Å². The van der Waals surface area contributed by atoms with E-state index in [1.165, 1.54) is 11.2 Å². The highest BCUT2D eigenvalue weighted by atomic mass is 16.6. The number of benzene rings is 2. The molecule has 0 bridgehead atoms. The first kappa shape index (κ1) is 19.7. The molecule has 1 saturated heterocycles. The molecule has 162 valence electrons. The Kier molecular flexibility index (Phi) is 5.17. The number of aromatic nitrogens is 1. The van der Waals surface area contributed by atoms with Gasteiger partial charge in [0.05, 0.1) is 19.3 Å². The van der Waals surface area contributed by atoms with Gasteiger partial charge in [-0.25, -0.2) is 10.9 Å². The molecular weight excluding hydrogens is 396 g/mol. The van der Waals surface area contributed by atoms with Crippen LogP contribution in [0.1, 0.15) is 25.1 Å². The van der Waals surface area contributed by atoms with Crippen LogP contribution in [0.3, 0.4) is 0 Å². The van der Waals surface area contributed by atoms with E-state index in [1.807, 2.05) is 30.3 Å². The van der Waals surface area contributed by atoms with Gasteiger partial charge in [0.25, 0.3) is 5.91 Å². The van der Waals surface area contributed by atoms with E-state index in [9.17, 15) is 4.79 Å². The number of rotatable bonds is 5. The average Bonchev–Trinajstić information content (AvgIpc) is 3.42. The molecule has 3 heterocycles. The highest BCUT2D eigenvalue weighted by molar-refractivity contribution is 5.83. The molecular formula is C23H26N4O4. The average molecular weight is 422 g/mol. The summed E-state index contributed by atoms with van der Waals surface area (Å²) in [6.07, 6.45) is -0.176. The van der Waals surface area contributed by atoms with Crippen molar-refractivity contribution in [2.24, 2.45) is 0 Å².